The molecule has 0 heterocycles. The zero-order valence-corrected chi connectivity index (χ0v) is 13.2. The number of nitriles is 1. The number of nitrogens with one attached hydrogen (secondary N) is 1. The van der Waals surface area contributed by atoms with E-state index in [9.17, 15) is 4.79 Å². The third-order valence-electron chi connectivity index (χ3n) is 4.14. The Bertz CT molecular complexity index is 571. The molecule has 0 bridgehead atoms. The van der Waals surface area contributed by atoms with Gasteiger partial charge < -0.3 is 10.2 Å². The molecule has 0 saturated heterocycles. The van der Waals surface area contributed by atoms with Crippen LogP contribution in [0.2, 0.25) is 5.02 Å². The zero-order valence-electron chi connectivity index (χ0n) is 12.4. The molecule has 0 aromatic heterocycles. The molecule has 2 rings (SSSR count). The summed E-state index contributed by atoms with van der Waals surface area (Å²) in [4.78, 5) is 14.2. The van der Waals surface area contributed by atoms with Crippen molar-refractivity contribution in [3.8, 4) is 6.07 Å². The molecule has 0 aliphatic heterocycles. The third kappa shape index (κ3) is 3.30. The molecule has 0 radical (unpaired) electrons. The van der Waals surface area contributed by atoms with E-state index >= 15 is 0 Å². The molecular formula is C16H20ClN3O. The van der Waals surface area contributed by atoms with Crippen LogP contribution in [0.5, 0.6) is 0 Å². The SMILES string of the molecule is CN(C)C(=O)C1(CNc2cc(Cl)ccc2C#N)CCCC1. The second-order valence-electron chi connectivity index (χ2n) is 5.84. The van der Waals surface area contributed by atoms with Crippen LogP contribution >= 0.6 is 11.6 Å². The van der Waals surface area contributed by atoms with Gasteiger partial charge in [0.05, 0.1) is 16.7 Å². The highest BCUT2D eigenvalue weighted by Gasteiger charge is 2.41. The second-order valence-corrected chi connectivity index (χ2v) is 6.28. The van der Waals surface area contributed by atoms with Crippen LogP contribution in [-0.2, 0) is 4.79 Å². The monoisotopic (exact) mass is 305 g/mol. The molecule has 1 aliphatic carbocycles. The Morgan fingerprint density at radius 1 is 1.43 bits per heavy atom. The minimum absolute atomic E-state index is 0.160. The quantitative estimate of drug-likeness (QED) is 0.929. The van der Waals surface area contributed by atoms with Gasteiger partial charge in [-0.15, -0.1) is 0 Å². The van der Waals surface area contributed by atoms with Gasteiger partial charge in [-0.05, 0) is 31.0 Å². The molecule has 1 N–H and O–H groups in total. The highest BCUT2D eigenvalue weighted by Crippen LogP contribution is 2.40. The van der Waals surface area contributed by atoms with E-state index in [1.807, 2.05) is 0 Å². The first-order valence-corrected chi connectivity index (χ1v) is 7.51. The van der Waals surface area contributed by atoms with Crippen molar-refractivity contribution in [2.75, 3.05) is 26.0 Å². The van der Waals surface area contributed by atoms with Crippen LogP contribution in [0, 0.1) is 16.7 Å². The molecule has 1 fully saturated rings. The minimum atomic E-state index is -0.363. The van der Waals surface area contributed by atoms with Crippen molar-refractivity contribution in [3.63, 3.8) is 0 Å². The van der Waals surface area contributed by atoms with Crippen molar-refractivity contribution in [1.82, 2.24) is 4.90 Å². The first-order chi connectivity index (χ1) is 9.98. The molecule has 4 nitrogen and oxygen atoms in total. The van der Waals surface area contributed by atoms with Gasteiger partial charge >= 0.3 is 0 Å². The number of rotatable bonds is 4. The van der Waals surface area contributed by atoms with Crippen LogP contribution in [0.1, 0.15) is 31.2 Å². The molecule has 1 aromatic rings. The highest BCUT2D eigenvalue weighted by molar-refractivity contribution is 6.30. The molecule has 0 atom stereocenters. The van der Waals surface area contributed by atoms with Crippen molar-refractivity contribution >= 4 is 23.2 Å². The largest absolute Gasteiger partial charge is 0.383 e. The van der Waals surface area contributed by atoms with Gasteiger partial charge in [-0.25, -0.2) is 0 Å². The summed E-state index contributed by atoms with van der Waals surface area (Å²) in [6.45, 7) is 0.541. The predicted octanol–water partition coefficient (Wildman–Crippen LogP) is 3.27. The number of halogens is 1. The molecule has 0 unspecified atom stereocenters. The number of nitrogens with zero attached hydrogens (tertiary/aromatic N) is 2. The Labute approximate surface area is 130 Å². The van der Waals surface area contributed by atoms with E-state index in [1.54, 1.807) is 37.2 Å². The average Bonchev–Trinajstić information content (AvgIpc) is 2.94. The smallest absolute Gasteiger partial charge is 0.230 e. The first-order valence-electron chi connectivity index (χ1n) is 7.14. The lowest BCUT2D eigenvalue weighted by atomic mass is 9.84. The van der Waals surface area contributed by atoms with Crippen LogP contribution < -0.4 is 5.32 Å². The first kappa shape index (κ1) is 15.7. The van der Waals surface area contributed by atoms with Gasteiger partial charge in [-0.1, -0.05) is 24.4 Å². The topological polar surface area (TPSA) is 56.1 Å². The molecule has 21 heavy (non-hydrogen) atoms. The maximum atomic E-state index is 12.5. The van der Waals surface area contributed by atoms with E-state index in [1.165, 1.54) is 0 Å². The Balaban J connectivity index is 2.19. The number of anilines is 1. The summed E-state index contributed by atoms with van der Waals surface area (Å²) in [5.74, 6) is 0.160. The standard InChI is InChI=1S/C16H20ClN3O/c1-20(2)15(21)16(7-3-4-8-16)11-19-14-9-13(17)6-5-12(14)10-18/h5-6,9,19H,3-4,7-8,11H2,1-2H3. The van der Waals surface area contributed by atoms with Crippen LogP contribution in [-0.4, -0.2) is 31.4 Å². The molecule has 1 aliphatic rings. The Morgan fingerprint density at radius 2 is 2.10 bits per heavy atom. The summed E-state index contributed by atoms with van der Waals surface area (Å²) in [6.07, 6.45) is 3.92. The van der Waals surface area contributed by atoms with Crippen molar-refractivity contribution in [3.05, 3.63) is 28.8 Å². The molecule has 112 valence electrons. The maximum Gasteiger partial charge on any atom is 0.230 e. The number of carbonyl (C=O) groups is 1. The molecule has 1 aromatic carbocycles. The van der Waals surface area contributed by atoms with E-state index in [0.717, 1.165) is 25.7 Å². The number of hydrogen-bond acceptors (Lipinski definition) is 3. The van der Waals surface area contributed by atoms with Gasteiger partial charge in [0.25, 0.3) is 0 Å². The summed E-state index contributed by atoms with van der Waals surface area (Å²) >= 11 is 5.99. The Hall–Kier alpha value is -1.73. The number of benzene rings is 1. The van der Waals surface area contributed by atoms with Gasteiger partial charge in [0, 0.05) is 25.7 Å². The van der Waals surface area contributed by atoms with Crippen molar-refractivity contribution in [2.45, 2.75) is 25.7 Å². The van der Waals surface area contributed by atoms with E-state index < -0.39 is 0 Å². The molecule has 1 saturated carbocycles. The summed E-state index contributed by atoms with van der Waals surface area (Å²) in [5, 5.41) is 13.0. The fourth-order valence-electron chi connectivity index (χ4n) is 3.02. The normalized spacial score (nSPS) is 16.3. The van der Waals surface area contributed by atoms with Gasteiger partial charge in [0.1, 0.15) is 6.07 Å². The van der Waals surface area contributed by atoms with Crippen LogP contribution in [0.4, 0.5) is 5.69 Å². The van der Waals surface area contributed by atoms with Gasteiger partial charge in [-0.3, -0.25) is 4.79 Å². The predicted molar refractivity (Wildman–Crippen MR) is 84.3 cm³/mol. The Morgan fingerprint density at radius 3 is 2.67 bits per heavy atom. The van der Waals surface area contributed by atoms with Crippen molar-refractivity contribution in [1.29, 1.82) is 5.26 Å². The van der Waals surface area contributed by atoms with Crippen molar-refractivity contribution in [2.24, 2.45) is 5.41 Å². The average molecular weight is 306 g/mol. The van der Waals surface area contributed by atoms with Gasteiger partial charge in [-0.2, -0.15) is 5.26 Å². The molecule has 0 spiro atoms. The van der Waals surface area contributed by atoms with Crippen LogP contribution in [0.3, 0.4) is 0 Å². The fraction of sp³-hybridized carbons (Fsp3) is 0.500. The summed E-state index contributed by atoms with van der Waals surface area (Å²) < 4.78 is 0. The number of carbonyl (C=O) groups excluding carboxylic acids is 1. The second kappa shape index (κ2) is 6.36. The number of amides is 1. The summed E-state index contributed by atoms with van der Waals surface area (Å²) in [7, 11) is 3.59. The number of hydrogen-bond donors (Lipinski definition) is 1. The van der Waals surface area contributed by atoms with Gasteiger partial charge in [0.2, 0.25) is 5.91 Å². The lowest BCUT2D eigenvalue weighted by molar-refractivity contribution is -0.138. The van der Waals surface area contributed by atoms with E-state index in [0.29, 0.717) is 22.8 Å². The van der Waals surface area contributed by atoms with E-state index in [-0.39, 0.29) is 11.3 Å². The minimum Gasteiger partial charge on any atom is -0.383 e. The zero-order chi connectivity index (χ0) is 15.5. The maximum absolute atomic E-state index is 12.5. The van der Waals surface area contributed by atoms with Crippen molar-refractivity contribution < 1.29 is 4.79 Å². The van der Waals surface area contributed by atoms with E-state index in [4.69, 9.17) is 16.9 Å². The van der Waals surface area contributed by atoms with Crippen LogP contribution in [0.25, 0.3) is 0 Å². The highest BCUT2D eigenvalue weighted by atomic mass is 35.5. The summed E-state index contributed by atoms with van der Waals surface area (Å²) in [5.41, 5.74) is 0.881. The molecule has 5 heteroatoms. The van der Waals surface area contributed by atoms with Crippen LogP contribution in [0.15, 0.2) is 18.2 Å². The van der Waals surface area contributed by atoms with Gasteiger partial charge in [0.15, 0.2) is 0 Å². The summed E-state index contributed by atoms with van der Waals surface area (Å²) in [6, 6.07) is 7.28. The lowest BCUT2D eigenvalue weighted by Crippen LogP contribution is -2.43. The lowest BCUT2D eigenvalue weighted by Gasteiger charge is -2.31. The molecule has 1 amide bonds. The molecular weight excluding hydrogens is 286 g/mol. The third-order valence-corrected chi connectivity index (χ3v) is 4.37. The Kier molecular flexibility index (Phi) is 4.74. The fourth-order valence-corrected chi connectivity index (χ4v) is 3.19. The van der Waals surface area contributed by atoms with E-state index in [2.05, 4.69) is 11.4 Å².